The highest BCUT2D eigenvalue weighted by Crippen LogP contribution is 2.49. The van der Waals surface area contributed by atoms with Crippen molar-refractivity contribution in [2.45, 2.75) is 24.8 Å². The average Bonchev–Trinajstić information content (AvgIpc) is 3.01. The maximum Gasteiger partial charge on any atom is 0.314 e. The molecule has 3 heterocycles. The van der Waals surface area contributed by atoms with Gasteiger partial charge in [-0.1, -0.05) is 6.07 Å². The SMILES string of the molecule is FC(F)c1nnc(-c2cnc(NC3(c4cccs4)CC3)nc2)o1. The fraction of sp³-hybridized carbons (Fsp3) is 0.286. The number of nitrogens with one attached hydrogen (secondary N) is 1. The molecule has 0 amide bonds. The molecule has 4 rings (SSSR count). The maximum atomic E-state index is 12.5. The molecular weight excluding hydrogens is 324 g/mol. The largest absolute Gasteiger partial charge is 0.415 e. The Morgan fingerprint density at radius 3 is 2.57 bits per heavy atom. The van der Waals surface area contributed by atoms with E-state index in [0.717, 1.165) is 12.8 Å². The van der Waals surface area contributed by atoms with Crippen LogP contribution in [0.3, 0.4) is 0 Å². The second-order valence-electron chi connectivity index (χ2n) is 5.23. The van der Waals surface area contributed by atoms with Gasteiger partial charge in [-0.3, -0.25) is 0 Å². The normalized spacial score (nSPS) is 15.8. The molecule has 0 spiro atoms. The summed E-state index contributed by atoms with van der Waals surface area (Å²) in [7, 11) is 0. The first kappa shape index (κ1) is 14.2. The van der Waals surface area contributed by atoms with Crippen LogP contribution in [0.5, 0.6) is 0 Å². The monoisotopic (exact) mass is 335 g/mol. The molecular formula is C14H11F2N5OS. The van der Waals surface area contributed by atoms with Crippen LogP contribution in [0.15, 0.2) is 34.3 Å². The van der Waals surface area contributed by atoms with Crippen molar-refractivity contribution in [3.63, 3.8) is 0 Å². The number of alkyl halides is 2. The Hall–Kier alpha value is -2.42. The summed E-state index contributed by atoms with van der Waals surface area (Å²) in [6.45, 7) is 0. The van der Waals surface area contributed by atoms with Gasteiger partial charge in [-0.15, -0.1) is 21.5 Å². The van der Waals surface area contributed by atoms with Crippen LogP contribution in [0.4, 0.5) is 14.7 Å². The van der Waals surface area contributed by atoms with Crippen LogP contribution in [0, 0.1) is 0 Å². The first-order chi connectivity index (χ1) is 11.2. The summed E-state index contributed by atoms with van der Waals surface area (Å²) < 4.78 is 29.8. The molecule has 118 valence electrons. The maximum absolute atomic E-state index is 12.5. The summed E-state index contributed by atoms with van der Waals surface area (Å²) in [4.78, 5) is 9.68. The Morgan fingerprint density at radius 1 is 1.22 bits per heavy atom. The lowest BCUT2D eigenvalue weighted by Gasteiger charge is -2.15. The summed E-state index contributed by atoms with van der Waals surface area (Å²) in [6, 6.07) is 4.10. The van der Waals surface area contributed by atoms with Gasteiger partial charge in [-0.05, 0) is 24.3 Å². The van der Waals surface area contributed by atoms with Crippen molar-refractivity contribution in [3.05, 3.63) is 40.7 Å². The van der Waals surface area contributed by atoms with Gasteiger partial charge in [0.1, 0.15) is 0 Å². The van der Waals surface area contributed by atoms with Gasteiger partial charge < -0.3 is 9.73 Å². The van der Waals surface area contributed by atoms with Crippen molar-refractivity contribution in [3.8, 4) is 11.5 Å². The number of hydrogen-bond donors (Lipinski definition) is 1. The minimum atomic E-state index is -2.79. The van der Waals surface area contributed by atoms with Crippen LogP contribution in [0.1, 0.15) is 30.0 Å². The molecule has 0 unspecified atom stereocenters. The molecule has 1 aliphatic rings. The third-order valence-electron chi connectivity index (χ3n) is 3.62. The van der Waals surface area contributed by atoms with E-state index >= 15 is 0 Å². The van der Waals surface area contributed by atoms with Crippen LogP contribution in [0.25, 0.3) is 11.5 Å². The summed E-state index contributed by atoms with van der Waals surface area (Å²) in [5.41, 5.74) is 0.319. The van der Waals surface area contributed by atoms with Crippen LogP contribution < -0.4 is 5.32 Å². The van der Waals surface area contributed by atoms with E-state index in [1.54, 1.807) is 11.3 Å². The van der Waals surface area contributed by atoms with Crippen molar-refractivity contribution >= 4 is 17.3 Å². The predicted octanol–water partition coefficient (Wildman–Crippen LogP) is 3.63. The molecule has 23 heavy (non-hydrogen) atoms. The summed E-state index contributed by atoms with van der Waals surface area (Å²) in [5.74, 6) is -0.253. The van der Waals surface area contributed by atoms with Crippen molar-refractivity contribution in [2.24, 2.45) is 0 Å². The number of halogens is 2. The minimum Gasteiger partial charge on any atom is -0.415 e. The summed E-state index contributed by atoms with van der Waals surface area (Å²) in [6.07, 6.45) is 2.21. The second-order valence-corrected chi connectivity index (χ2v) is 6.17. The molecule has 3 aromatic rings. The van der Waals surface area contributed by atoms with Gasteiger partial charge in [0, 0.05) is 17.3 Å². The van der Waals surface area contributed by atoms with Gasteiger partial charge in [-0.2, -0.15) is 8.78 Å². The number of thiophene rings is 1. The molecule has 3 aromatic heterocycles. The Kier molecular flexibility index (Phi) is 3.29. The standard InChI is InChI=1S/C14H11F2N5OS/c15-10(16)12-21-20-11(22-12)8-6-17-13(18-7-8)19-14(3-4-14)9-2-1-5-23-9/h1-2,5-7,10H,3-4H2,(H,17,18,19). The number of anilines is 1. The van der Waals surface area contributed by atoms with E-state index in [1.165, 1.54) is 17.3 Å². The highest BCUT2D eigenvalue weighted by Gasteiger charge is 2.45. The van der Waals surface area contributed by atoms with Gasteiger partial charge in [0.2, 0.25) is 5.95 Å². The molecule has 0 atom stereocenters. The van der Waals surface area contributed by atoms with Crippen LogP contribution in [0.2, 0.25) is 0 Å². The zero-order valence-electron chi connectivity index (χ0n) is 11.7. The molecule has 1 aliphatic carbocycles. The molecule has 0 aliphatic heterocycles. The molecule has 0 bridgehead atoms. The van der Waals surface area contributed by atoms with Crippen molar-refractivity contribution in [2.75, 3.05) is 5.32 Å². The van der Waals surface area contributed by atoms with Crippen LogP contribution in [-0.2, 0) is 5.54 Å². The highest BCUT2D eigenvalue weighted by atomic mass is 32.1. The van der Waals surface area contributed by atoms with E-state index in [-0.39, 0.29) is 11.4 Å². The number of rotatable bonds is 5. The van der Waals surface area contributed by atoms with Crippen LogP contribution in [-0.4, -0.2) is 20.2 Å². The Balaban J connectivity index is 1.52. The topological polar surface area (TPSA) is 76.7 Å². The van der Waals surface area contributed by atoms with E-state index in [9.17, 15) is 8.78 Å². The fourth-order valence-corrected chi connectivity index (χ4v) is 3.21. The predicted molar refractivity (Wildman–Crippen MR) is 79.1 cm³/mol. The molecule has 9 heteroatoms. The Morgan fingerprint density at radius 2 is 2.00 bits per heavy atom. The third-order valence-corrected chi connectivity index (χ3v) is 4.69. The Bertz CT molecular complexity index is 799. The van der Waals surface area contributed by atoms with E-state index in [4.69, 9.17) is 4.42 Å². The average molecular weight is 335 g/mol. The lowest BCUT2D eigenvalue weighted by Crippen LogP contribution is -2.18. The fourth-order valence-electron chi connectivity index (χ4n) is 2.27. The Labute approximate surface area is 133 Å². The second kappa shape index (κ2) is 5.34. The molecule has 1 N–H and O–H groups in total. The third kappa shape index (κ3) is 2.67. The minimum absolute atomic E-state index is 0.0220. The lowest BCUT2D eigenvalue weighted by molar-refractivity contribution is 0.116. The van der Waals surface area contributed by atoms with Crippen molar-refractivity contribution in [1.82, 2.24) is 20.2 Å². The van der Waals surface area contributed by atoms with E-state index in [0.29, 0.717) is 11.5 Å². The van der Waals surface area contributed by atoms with Gasteiger partial charge in [0.15, 0.2) is 0 Å². The quantitative estimate of drug-likeness (QED) is 0.767. The van der Waals surface area contributed by atoms with Gasteiger partial charge in [0.25, 0.3) is 11.8 Å². The van der Waals surface area contributed by atoms with E-state index in [1.807, 2.05) is 11.4 Å². The van der Waals surface area contributed by atoms with Gasteiger partial charge >= 0.3 is 6.43 Å². The lowest BCUT2D eigenvalue weighted by atomic mass is 10.2. The summed E-state index contributed by atoms with van der Waals surface area (Å²) in [5, 5.41) is 12.2. The first-order valence-electron chi connectivity index (χ1n) is 6.92. The van der Waals surface area contributed by atoms with E-state index in [2.05, 4.69) is 31.5 Å². The molecule has 6 nitrogen and oxygen atoms in total. The molecule has 0 aromatic carbocycles. The first-order valence-corrected chi connectivity index (χ1v) is 7.80. The van der Waals surface area contributed by atoms with Crippen molar-refractivity contribution < 1.29 is 13.2 Å². The van der Waals surface area contributed by atoms with E-state index < -0.39 is 12.3 Å². The molecule has 0 radical (unpaired) electrons. The van der Waals surface area contributed by atoms with Crippen molar-refractivity contribution in [1.29, 1.82) is 0 Å². The van der Waals surface area contributed by atoms with Crippen LogP contribution >= 0.6 is 11.3 Å². The zero-order chi connectivity index (χ0) is 15.9. The number of nitrogens with zero attached hydrogens (tertiary/aromatic N) is 4. The highest BCUT2D eigenvalue weighted by molar-refractivity contribution is 7.10. The molecule has 1 fully saturated rings. The smallest absolute Gasteiger partial charge is 0.314 e. The molecule has 1 saturated carbocycles. The zero-order valence-corrected chi connectivity index (χ0v) is 12.6. The molecule has 0 saturated heterocycles. The number of aromatic nitrogens is 4. The van der Waals surface area contributed by atoms with Gasteiger partial charge in [-0.25, -0.2) is 9.97 Å². The summed E-state index contributed by atoms with van der Waals surface area (Å²) >= 11 is 1.69. The number of hydrogen-bond acceptors (Lipinski definition) is 7. The van der Waals surface area contributed by atoms with Gasteiger partial charge in [0.05, 0.1) is 11.1 Å².